The molecule has 0 heterocycles. The number of ether oxygens (including phenoxy) is 1. The number of benzene rings is 1. The fourth-order valence-electron chi connectivity index (χ4n) is 2.88. The van der Waals surface area contributed by atoms with E-state index in [1.54, 1.807) is 7.11 Å². The average molecular weight is 243 g/mol. The van der Waals surface area contributed by atoms with Crippen molar-refractivity contribution < 1.29 is 4.74 Å². The molecule has 1 atom stereocenters. The van der Waals surface area contributed by atoms with E-state index in [0.717, 1.165) is 45.1 Å². The van der Waals surface area contributed by atoms with Crippen molar-refractivity contribution in [2.75, 3.05) is 13.7 Å². The van der Waals surface area contributed by atoms with Crippen LogP contribution >= 0.6 is 0 Å². The zero-order chi connectivity index (χ0) is 12.8. The van der Waals surface area contributed by atoms with E-state index in [1.807, 2.05) is 0 Å². The number of unbranched alkanes of at least 4 members (excludes halogenated alkanes) is 1. The molecular weight excluding hydrogens is 222 g/mol. The van der Waals surface area contributed by atoms with E-state index < -0.39 is 0 Å². The number of rotatable bonds is 5. The first-order valence-electron chi connectivity index (χ1n) is 6.77. The molecule has 0 bridgehead atoms. The Balaban J connectivity index is 2.01. The van der Waals surface area contributed by atoms with Crippen molar-refractivity contribution in [2.24, 2.45) is 5.41 Å². The summed E-state index contributed by atoms with van der Waals surface area (Å²) in [5.41, 5.74) is 2.67. The van der Waals surface area contributed by atoms with E-state index >= 15 is 0 Å². The van der Waals surface area contributed by atoms with Crippen molar-refractivity contribution in [3.05, 3.63) is 35.4 Å². The summed E-state index contributed by atoms with van der Waals surface area (Å²) < 4.78 is 5.07. The van der Waals surface area contributed by atoms with Gasteiger partial charge in [0, 0.05) is 13.7 Å². The number of aryl methyl sites for hydroxylation is 1. The normalized spacial score (nSPS) is 22.2. The molecule has 0 N–H and O–H groups in total. The molecule has 1 aliphatic rings. The van der Waals surface area contributed by atoms with Gasteiger partial charge in [0.1, 0.15) is 0 Å². The quantitative estimate of drug-likeness (QED) is 0.741. The van der Waals surface area contributed by atoms with Crippen LogP contribution in [-0.2, 0) is 17.6 Å². The predicted octanol–water partition coefficient (Wildman–Crippen LogP) is 3.50. The molecule has 0 fully saturated rings. The van der Waals surface area contributed by atoms with E-state index in [4.69, 9.17) is 4.74 Å². The fourth-order valence-corrected chi connectivity index (χ4v) is 2.88. The van der Waals surface area contributed by atoms with Crippen LogP contribution in [0, 0.1) is 16.7 Å². The lowest BCUT2D eigenvalue weighted by Crippen LogP contribution is -2.27. The van der Waals surface area contributed by atoms with Gasteiger partial charge in [-0.2, -0.15) is 5.26 Å². The summed E-state index contributed by atoms with van der Waals surface area (Å²) in [5, 5.41) is 9.54. The van der Waals surface area contributed by atoms with Gasteiger partial charge in [-0.05, 0) is 49.7 Å². The topological polar surface area (TPSA) is 33.0 Å². The molecule has 1 aliphatic carbocycles. The molecule has 1 aromatic carbocycles. The van der Waals surface area contributed by atoms with Crippen molar-refractivity contribution in [3.63, 3.8) is 0 Å². The highest BCUT2D eigenvalue weighted by atomic mass is 16.5. The Morgan fingerprint density at radius 2 is 2.06 bits per heavy atom. The predicted molar refractivity (Wildman–Crippen MR) is 72.2 cm³/mol. The minimum Gasteiger partial charge on any atom is -0.385 e. The molecule has 0 spiro atoms. The lowest BCUT2D eigenvalue weighted by molar-refractivity contribution is 0.185. The highest BCUT2D eigenvalue weighted by Crippen LogP contribution is 2.38. The molecule has 0 saturated heterocycles. The van der Waals surface area contributed by atoms with Crippen LogP contribution in [0.2, 0.25) is 0 Å². The number of nitrogens with zero attached hydrogens (tertiary/aromatic N) is 1. The lowest BCUT2D eigenvalue weighted by atomic mass is 9.70. The van der Waals surface area contributed by atoms with Crippen molar-refractivity contribution in [2.45, 2.75) is 38.5 Å². The van der Waals surface area contributed by atoms with Crippen molar-refractivity contribution in [1.29, 1.82) is 5.26 Å². The lowest BCUT2D eigenvalue weighted by Gasteiger charge is -2.32. The molecule has 2 heteroatoms. The number of fused-ring (bicyclic) bond motifs is 1. The van der Waals surface area contributed by atoms with Gasteiger partial charge in [-0.1, -0.05) is 24.3 Å². The summed E-state index contributed by atoms with van der Waals surface area (Å²) in [4.78, 5) is 0. The first-order valence-corrected chi connectivity index (χ1v) is 6.77. The van der Waals surface area contributed by atoms with Gasteiger partial charge in [0.2, 0.25) is 0 Å². The highest BCUT2D eigenvalue weighted by Gasteiger charge is 2.33. The van der Waals surface area contributed by atoms with Gasteiger partial charge in [-0.15, -0.1) is 0 Å². The third kappa shape index (κ3) is 2.91. The van der Waals surface area contributed by atoms with Gasteiger partial charge >= 0.3 is 0 Å². The number of hydrogen-bond acceptors (Lipinski definition) is 2. The second kappa shape index (κ2) is 6.02. The van der Waals surface area contributed by atoms with E-state index in [-0.39, 0.29) is 5.41 Å². The van der Waals surface area contributed by atoms with Gasteiger partial charge < -0.3 is 4.74 Å². The SMILES string of the molecule is COCCCCC1(C#N)CCc2ccccc2C1. The monoisotopic (exact) mass is 243 g/mol. The smallest absolute Gasteiger partial charge is 0.0693 e. The Bertz CT molecular complexity index is 435. The Labute approximate surface area is 110 Å². The van der Waals surface area contributed by atoms with Gasteiger partial charge in [-0.3, -0.25) is 0 Å². The molecule has 2 nitrogen and oxygen atoms in total. The van der Waals surface area contributed by atoms with Crippen LogP contribution in [-0.4, -0.2) is 13.7 Å². The van der Waals surface area contributed by atoms with E-state index in [1.165, 1.54) is 11.1 Å². The molecule has 18 heavy (non-hydrogen) atoms. The summed E-state index contributed by atoms with van der Waals surface area (Å²) in [6, 6.07) is 11.1. The average Bonchev–Trinajstić information content (AvgIpc) is 2.43. The van der Waals surface area contributed by atoms with Gasteiger partial charge in [-0.25, -0.2) is 0 Å². The Hall–Kier alpha value is -1.33. The van der Waals surface area contributed by atoms with Gasteiger partial charge in [0.05, 0.1) is 11.5 Å². The van der Waals surface area contributed by atoms with Crippen LogP contribution in [0.25, 0.3) is 0 Å². The Kier molecular flexibility index (Phi) is 4.38. The van der Waals surface area contributed by atoms with Gasteiger partial charge in [0.15, 0.2) is 0 Å². The van der Waals surface area contributed by atoms with Crippen LogP contribution in [0.3, 0.4) is 0 Å². The largest absolute Gasteiger partial charge is 0.385 e. The van der Waals surface area contributed by atoms with E-state index in [9.17, 15) is 5.26 Å². The minimum absolute atomic E-state index is 0.137. The maximum atomic E-state index is 9.54. The second-order valence-electron chi connectivity index (χ2n) is 5.29. The Morgan fingerprint density at radius 3 is 2.78 bits per heavy atom. The molecule has 0 aliphatic heterocycles. The summed E-state index contributed by atoms with van der Waals surface area (Å²) >= 11 is 0. The molecule has 96 valence electrons. The summed E-state index contributed by atoms with van der Waals surface area (Å²) in [6.07, 6.45) is 6.13. The minimum atomic E-state index is -0.137. The zero-order valence-electron chi connectivity index (χ0n) is 11.1. The standard InChI is InChI=1S/C16H21NO/c1-18-11-5-4-9-16(13-17)10-8-14-6-2-3-7-15(14)12-16/h2-3,6-7H,4-5,8-12H2,1H3. The number of nitriles is 1. The molecule has 0 saturated carbocycles. The molecule has 1 unspecified atom stereocenters. The van der Waals surface area contributed by atoms with Crippen LogP contribution in [0.4, 0.5) is 0 Å². The molecule has 2 rings (SSSR count). The summed E-state index contributed by atoms with van der Waals surface area (Å²) in [5.74, 6) is 0. The van der Waals surface area contributed by atoms with Crippen molar-refractivity contribution >= 4 is 0 Å². The molecule has 1 aromatic rings. The molecule has 0 amide bonds. The Morgan fingerprint density at radius 1 is 1.28 bits per heavy atom. The second-order valence-corrected chi connectivity index (χ2v) is 5.29. The zero-order valence-corrected chi connectivity index (χ0v) is 11.1. The van der Waals surface area contributed by atoms with Crippen LogP contribution in [0.5, 0.6) is 0 Å². The fraction of sp³-hybridized carbons (Fsp3) is 0.562. The molecular formula is C16H21NO. The van der Waals surface area contributed by atoms with Crippen molar-refractivity contribution in [3.8, 4) is 6.07 Å². The van der Waals surface area contributed by atoms with E-state index in [0.29, 0.717) is 0 Å². The van der Waals surface area contributed by atoms with Crippen LogP contribution in [0.1, 0.15) is 36.8 Å². The third-order valence-corrected chi connectivity index (χ3v) is 4.01. The molecule has 0 radical (unpaired) electrons. The highest BCUT2D eigenvalue weighted by molar-refractivity contribution is 5.32. The summed E-state index contributed by atoms with van der Waals surface area (Å²) in [6.45, 7) is 0.804. The van der Waals surface area contributed by atoms with Crippen molar-refractivity contribution in [1.82, 2.24) is 0 Å². The first kappa shape index (κ1) is 13.1. The number of hydrogen-bond donors (Lipinski definition) is 0. The third-order valence-electron chi connectivity index (χ3n) is 4.01. The van der Waals surface area contributed by atoms with E-state index in [2.05, 4.69) is 30.3 Å². The molecule has 0 aromatic heterocycles. The van der Waals surface area contributed by atoms with Crippen LogP contribution in [0.15, 0.2) is 24.3 Å². The van der Waals surface area contributed by atoms with Crippen LogP contribution < -0.4 is 0 Å². The maximum Gasteiger partial charge on any atom is 0.0693 e. The summed E-state index contributed by atoms with van der Waals surface area (Å²) in [7, 11) is 1.73. The first-order chi connectivity index (χ1) is 8.79. The number of methoxy groups -OCH3 is 1. The van der Waals surface area contributed by atoms with Gasteiger partial charge in [0.25, 0.3) is 0 Å². The maximum absolute atomic E-state index is 9.54.